The summed E-state index contributed by atoms with van der Waals surface area (Å²) >= 11 is 0. The van der Waals surface area contributed by atoms with E-state index in [1.807, 2.05) is 13.0 Å². The minimum atomic E-state index is -0.805. The van der Waals surface area contributed by atoms with Gasteiger partial charge in [0.2, 0.25) is 5.91 Å². The number of ether oxygens (including phenoxy) is 1. The molecule has 1 heterocycles. The van der Waals surface area contributed by atoms with Gasteiger partial charge in [-0.2, -0.15) is 0 Å². The minimum Gasteiger partial charge on any atom is -0.477 e. The number of nitrogens with two attached hydrogens (primary N) is 1. The zero-order valence-electron chi connectivity index (χ0n) is 10.8. The number of likely N-dealkylation sites (N-methyl/N-ethyl adjacent to an activating group) is 1. The van der Waals surface area contributed by atoms with E-state index >= 15 is 0 Å². The SMILES string of the molecule is CCNCC(=O)N1CC(C(N)=O)Oc2ccccc21. The molecule has 102 valence electrons. The second-order valence-electron chi connectivity index (χ2n) is 4.26. The molecule has 1 aliphatic heterocycles. The molecule has 6 heteroatoms. The van der Waals surface area contributed by atoms with E-state index in [2.05, 4.69) is 5.32 Å². The lowest BCUT2D eigenvalue weighted by atomic mass is 10.1. The second kappa shape index (κ2) is 5.71. The lowest BCUT2D eigenvalue weighted by Crippen LogP contribution is -2.51. The Morgan fingerprint density at radius 3 is 2.89 bits per heavy atom. The average Bonchev–Trinajstić information content (AvgIpc) is 2.43. The predicted octanol–water partition coefficient (Wildman–Crippen LogP) is -0.125. The number of primary amides is 1. The molecule has 0 bridgehead atoms. The van der Waals surface area contributed by atoms with Crippen molar-refractivity contribution in [3.8, 4) is 5.75 Å². The summed E-state index contributed by atoms with van der Waals surface area (Å²) in [5, 5.41) is 2.97. The zero-order chi connectivity index (χ0) is 13.8. The van der Waals surface area contributed by atoms with E-state index in [9.17, 15) is 9.59 Å². The van der Waals surface area contributed by atoms with Gasteiger partial charge in [0.15, 0.2) is 6.10 Å². The van der Waals surface area contributed by atoms with E-state index in [4.69, 9.17) is 10.5 Å². The summed E-state index contributed by atoms with van der Waals surface area (Å²) in [6, 6.07) is 7.11. The van der Waals surface area contributed by atoms with Crippen molar-refractivity contribution < 1.29 is 14.3 Å². The lowest BCUT2D eigenvalue weighted by Gasteiger charge is -2.33. The van der Waals surface area contributed by atoms with Gasteiger partial charge in [0, 0.05) is 0 Å². The van der Waals surface area contributed by atoms with E-state index < -0.39 is 12.0 Å². The first-order chi connectivity index (χ1) is 9.13. The van der Waals surface area contributed by atoms with Crippen molar-refractivity contribution in [2.24, 2.45) is 5.73 Å². The number of nitrogens with one attached hydrogen (secondary N) is 1. The zero-order valence-corrected chi connectivity index (χ0v) is 10.8. The first-order valence-electron chi connectivity index (χ1n) is 6.19. The van der Waals surface area contributed by atoms with Crippen LogP contribution < -0.4 is 20.7 Å². The molecule has 0 aliphatic carbocycles. The van der Waals surface area contributed by atoms with Gasteiger partial charge < -0.3 is 20.7 Å². The fourth-order valence-electron chi connectivity index (χ4n) is 1.95. The van der Waals surface area contributed by atoms with Gasteiger partial charge in [0.25, 0.3) is 5.91 Å². The molecule has 1 aliphatic rings. The number of fused-ring (bicyclic) bond motifs is 1. The Morgan fingerprint density at radius 2 is 2.21 bits per heavy atom. The average molecular weight is 263 g/mol. The topological polar surface area (TPSA) is 84.7 Å². The number of anilines is 1. The first-order valence-corrected chi connectivity index (χ1v) is 6.19. The molecular formula is C13H17N3O3. The summed E-state index contributed by atoms with van der Waals surface area (Å²) in [7, 11) is 0. The standard InChI is InChI=1S/C13H17N3O3/c1-2-15-7-12(17)16-8-11(13(14)18)19-10-6-4-3-5-9(10)16/h3-6,11,15H,2,7-8H2,1H3,(H2,14,18). The summed E-state index contributed by atoms with van der Waals surface area (Å²) in [5.41, 5.74) is 5.94. The van der Waals surface area contributed by atoms with Crippen LogP contribution in [-0.4, -0.2) is 37.6 Å². The van der Waals surface area contributed by atoms with Gasteiger partial charge >= 0.3 is 0 Å². The maximum Gasteiger partial charge on any atom is 0.260 e. The lowest BCUT2D eigenvalue weighted by molar-refractivity contribution is -0.125. The van der Waals surface area contributed by atoms with Crippen molar-refractivity contribution in [1.29, 1.82) is 0 Å². The van der Waals surface area contributed by atoms with Gasteiger partial charge in [0.05, 0.1) is 18.8 Å². The number of rotatable bonds is 4. The van der Waals surface area contributed by atoms with Crippen LogP contribution in [0.25, 0.3) is 0 Å². The summed E-state index contributed by atoms with van der Waals surface area (Å²) in [4.78, 5) is 25.0. The Kier molecular flexibility index (Phi) is 4.01. The summed E-state index contributed by atoms with van der Waals surface area (Å²) in [6.07, 6.45) is -0.805. The van der Waals surface area contributed by atoms with Crippen LogP contribution in [0.5, 0.6) is 5.75 Å². The molecule has 0 fully saturated rings. The highest BCUT2D eigenvalue weighted by atomic mass is 16.5. The van der Waals surface area contributed by atoms with E-state index in [0.29, 0.717) is 18.0 Å². The van der Waals surface area contributed by atoms with Gasteiger partial charge in [-0.1, -0.05) is 19.1 Å². The van der Waals surface area contributed by atoms with Crippen LogP contribution >= 0.6 is 0 Å². The Labute approximate surface area is 111 Å². The maximum absolute atomic E-state index is 12.1. The predicted molar refractivity (Wildman–Crippen MR) is 70.9 cm³/mol. The number of nitrogens with zero attached hydrogens (tertiary/aromatic N) is 1. The van der Waals surface area contributed by atoms with E-state index in [1.165, 1.54) is 4.90 Å². The number of para-hydroxylation sites is 2. The Hall–Kier alpha value is -2.08. The first kappa shape index (κ1) is 13.4. The third-order valence-corrected chi connectivity index (χ3v) is 2.92. The quantitative estimate of drug-likeness (QED) is 0.793. The van der Waals surface area contributed by atoms with Crippen LogP contribution in [0.3, 0.4) is 0 Å². The summed E-state index contributed by atoms with van der Waals surface area (Å²) in [6.45, 7) is 3.00. The molecule has 2 amide bonds. The number of amides is 2. The van der Waals surface area contributed by atoms with Crippen LogP contribution in [-0.2, 0) is 9.59 Å². The Balaban J connectivity index is 2.26. The summed E-state index contributed by atoms with van der Waals surface area (Å²) < 4.78 is 5.49. The van der Waals surface area contributed by atoms with E-state index in [1.54, 1.807) is 18.2 Å². The molecule has 1 unspecified atom stereocenters. The van der Waals surface area contributed by atoms with Crippen LogP contribution in [0.15, 0.2) is 24.3 Å². The minimum absolute atomic E-state index is 0.108. The third kappa shape index (κ3) is 2.85. The van der Waals surface area contributed by atoms with Crippen LogP contribution in [0.4, 0.5) is 5.69 Å². The van der Waals surface area contributed by atoms with Crippen LogP contribution in [0, 0.1) is 0 Å². The highest BCUT2D eigenvalue weighted by Crippen LogP contribution is 2.32. The largest absolute Gasteiger partial charge is 0.477 e. The summed E-state index contributed by atoms with van der Waals surface area (Å²) in [5.74, 6) is -0.179. The van der Waals surface area contributed by atoms with Crippen LogP contribution in [0.2, 0.25) is 0 Å². The van der Waals surface area contributed by atoms with Crippen molar-refractivity contribution in [3.63, 3.8) is 0 Å². The fourth-order valence-corrected chi connectivity index (χ4v) is 1.95. The molecule has 0 saturated heterocycles. The molecule has 0 aromatic heterocycles. The van der Waals surface area contributed by atoms with Crippen LogP contribution in [0.1, 0.15) is 6.92 Å². The molecule has 0 spiro atoms. The van der Waals surface area contributed by atoms with Crippen molar-refractivity contribution in [2.45, 2.75) is 13.0 Å². The Morgan fingerprint density at radius 1 is 1.47 bits per heavy atom. The van der Waals surface area contributed by atoms with Gasteiger partial charge in [-0.25, -0.2) is 0 Å². The molecule has 1 aromatic rings. The number of hydrogen-bond acceptors (Lipinski definition) is 4. The molecule has 19 heavy (non-hydrogen) atoms. The molecule has 0 radical (unpaired) electrons. The monoisotopic (exact) mass is 263 g/mol. The van der Waals surface area contributed by atoms with Gasteiger partial charge in [-0.05, 0) is 18.7 Å². The highest BCUT2D eigenvalue weighted by molar-refractivity contribution is 5.98. The van der Waals surface area contributed by atoms with Crippen molar-refractivity contribution in [3.05, 3.63) is 24.3 Å². The smallest absolute Gasteiger partial charge is 0.260 e. The van der Waals surface area contributed by atoms with Crippen molar-refractivity contribution in [1.82, 2.24) is 5.32 Å². The molecule has 6 nitrogen and oxygen atoms in total. The molecule has 1 aromatic carbocycles. The molecule has 1 atom stereocenters. The maximum atomic E-state index is 12.1. The van der Waals surface area contributed by atoms with Gasteiger partial charge in [-0.15, -0.1) is 0 Å². The van der Waals surface area contributed by atoms with E-state index in [-0.39, 0.29) is 19.0 Å². The third-order valence-electron chi connectivity index (χ3n) is 2.92. The molecule has 2 rings (SSSR count). The van der Waals surface area contributed by atoms with Crippen molar-refractivity contribution >= 4 is 17.5 Å². The fraction of sp³-hybridized carbons (Fsp3) is 0.385. The van der Waals surface area contributed by atoms with Crippen molar-refractivity contribution in [2.75, 3.05) is 24.5 Å². The highest BCUT2D eigenvalue weighted by Gasteiger charge is 2.32. The second-order valence-corrected chi connectivity index (χ2v) is 4.26. The van der Waals surface area contributed by atoms with E-state index in [0.717, 1.165) is 0 Å². The molecule has 0 saturated carbocycles. The Bertz CT molecular complexity index is 490. The van der Waals surface area contributed by atoms with Gasteiger partial charge in [-0.3, -0.25) is 9.59 Å². The number of benzene rings is 1. The number of carbonyl (C=O) groups is 2. The molecule has 3 N–H and O–H groups in total. The normalized spacial score (nSPS) is 17.5. The molecular weight excluding hydrogens is 246 g/mol. The van der Waals surface area contributed by atoms with Gasteiger partial charge in [0.1, 0.15) is 5.75 Å². The number of hydrogen-bond donors (Lipinski definition) is 2. The number of carbonyl (C=O) groups excluding carboxylic acids is 2.